The van der Waals surface area contributed by atoms with Crippen molar-refractivity contribution in [3.05, 3.63) is 40.8 Å². The first-order valence-corrected chi connectivity index (χ1v) is 8.91. The van der Waals surface area contributed by atoms with E-state index in [0.29, 0.717) is 11.5 Å². The van der Waals surface area contributed by atoms with Crippen LogP contribution in [0.1, 0.15) is 56.5 Å². The molecule has 1 amide bonds. The summed E-state index contributed by atoms with van der Waals surface area (Å²) in [6.45, 7) is 9.46. The van der Waals surface area contributed by atoms with Crippen LogP contribution in [0.4, 0.5) is 9.80 Å². The van der Waals surface area contributed by atoms with Crippen LogP contribution in [0.5, 0.6) is 0 Å². The van der Waals surface area contributed by atoms with Crippen LogP contribution in [0.2, 0.25) is 0 Å². The van der Waals surface area contributed by atoms with Crippen molar-refractivity contribution < 1.29 is 19.4 Å². The molecule has 0 aliphatic heterocycles. The van der Waals surface area contributed by atoms with Gasteiger partial charge in [-0.1, -0.05) is 38.1 Å². The highest BCUT2D eigenvalue weighted by Gasteiger charge is 2.23. The minimum absolute atomic E-state index is 0.0770. The lowest BCUT2D eigenvalue weighted by Crippen LogP contribution is -2.27. The summed E-state index contributed by atoms with van der Waals surface area (Å²) >= 11 is 1.17. The molecule has 134 valence electrons. The number of ether oxygens (including phenoxy) is 1. The van der Waals surface area contributed by atoms with E-state index >= 15 is 0 Å². The van der Waals surface area contributed by atoms with E-state index in [9.17, 15) is 14.7 Å². The largest absolute Gasteiger partial charge is 0.478 e. The van der Waals surface area contributed by atoms with Gasteiger partial charge in [0.1, 0.15) is 16.2 Å². The first kappa shape index (κ1) is 19.0. The Labute approximate surface area is 151 Å². The smallest absolute Gasteiger partial charge is 0.412 e. The van der Waals surface area contributed by atoms with E-state index in [2.05, 4.69) is 19.2 Å². The van der Waals surface area contributed by atoms with E-state index < -0.39 is 17.7 Å². The molecule has 6 heteroatoms. The maximum absolute atomic E-state index is 11.9. The number of carboxylic acids is 1. The van der Waals surface area contributed by atoms with E-state index in [4.69, 9.17) is 4.74 Å². The number of hydrogen-bond donors (Lipinski definition) is 2. The molecule has 5 nitrogen and oxygen atoms in total. The van der Waals surface area contributed by atoms with Crippen LogP contribution in [-0.2, 0) is 4.74 Å². The summed E-state index contributed by atoms with van der Waals surface area (Å²) in [4.78, 5) is 23.7. The van der Waals surface area contributed by atoms with Gasteiger partial charge in [0, 0.05) is 10.9 Å². The molecule has 1 aromatic heterocycles. The molecule has 0 fully saturated rings. The van der Waals surface area contributed by atoms with Gasteiger partial charge in [0.2, 0.25) is 0 Å². The second-order valence-corrected chi connectivity index (χ2v) is 7.94. The number of benzene rings is 1. The van der Waals surface area contributed by atoms with E-state index in [1.54, 1.807) is 26.2 Å². The molecule has 0 saturated heterocycles. The van der Waals surface area contributed by atoms with Gasteiger partial charge < -0.3 is 9.84 Å². The summed E-state index contributed by atoms with van der Waals surface area (Å²) in [6, 6.07) is 7.79. The third-order valence-corrected chi connectivity index (χ3v) is 4.40. The number of anilines is 1. The molecule has 0 saturated carbocycles. The molecular weight excluding hydrogens is 338 g/mol. The van der Waals surface area contributed by atoms with Gasteiger partial charge >= 0.3 is 12.1 Å². The fourth-order valence-corrected chi connectivity index (χ4v) is 3.27. The lowest BCUT2D eigenvalue weighted by molar-refractivity contribution is 0.0636. The molecular formula is C19H23NO4S. The Morgan fingerprint density at radius 1 is 1.16 bits per heavy atom. The molecule has 2 N–H and O–H groups in total. The Morgan fingerprint density at radius 3 is 2.24 bits per heavy atom. The maximum atomic E-state index is 11.9. The fraction of sp³-hybridized carbons (Fsp3) is 0.368. The highest BCUT2D eigenvalue weighted by atomic mass is 32.1. The molecule has 1 heterocycles. The highest BCUT2D eigenvalue weighted by Crippen LogP contribution is 2.36. The van der Waals surface area contributed by atoms with Crippen molar-refractivity contribution in [3.8, 4) is 11.1 Å². The molecule has 0 aliphatic carbocycles. The zero-order valence-electron chi connectivity index (χ0n) is 15.0. The zero-order chi connectivity index (χ0) is 18.8. The SMILES string of the molecule is CC(C)c1ccc(-c2csc(NC(=O)OC(C)(C)C)c2C(=O)O)cc1. The predicted molar refractivity (Wildman–Crippen MR) is 101 cm³/mol. The first-order valence-electron chi connectivity index (χ1n) is 8.03. The average molecular weight is 361 g/mol. The maximum Gasteiger partial charge on any atom is 0.412 e. The minimum atomic E-state index is -1.09. The summed E-state index contributed by atoms with van der Waals surface area (Å²) in [7, 11) is 0. The van der Waals surface area contributed by atoms with Gasteiger partial charge in [-0.05, 0) is 37.8 Å². The monoisotopic (exact) mass is 361 g/mol. The topological polar surface area (TPSA) is 75.6 Å². The third kappa shape index (κ3) is 4.82. The quantitative estimate of drug-likeness (QED) is 0.745. The van der Waals surface area contributed by atoms with Gasteiger partial charge in [0.05, 0.1) is 0 Å². The summed E-state index contributed by atoms with van der Waals surface area (Å²) < 4.78 is 5.20. The molecule has 1 aromatic carbocycles. The van der Waals surface area contributed by atoms with E-state index in [1.165, 1.54) is 16.9 Å². The van der Waals surface area contributed by atoms with E-state index in [0.717, 1.165) is 5.56 Å². The van der Waals surface area contributed by atoms with Crippen LogP contribution in [0, 0.1) is 0 Å². The number of thiophene rings is 1. The van der Waals surface area contributed by atoms with Gasteiger partial charge in [-0.3, -0.25) is 5.32 Å². The van der Waals surface area contributed by atoms with Gasteiger partial charge in [0.25, 0.3) is 0 Å². The standard InChI is InChI=1S/C19H23NO4S/c1-11(2)12-6-8-13(9-7-12)14-10-25-16(15(14)17(21)22)20-18(23)24-19(3,4)5/h6-11H,1-5H3,(H,20,23)(H,21,22). The fourth-order valence-electron chi connectivity index (χ4n) is 2.32. The molecule has 2 aromatic rings. The number of hydrogen-bond acceptors (Lipinski definition) is 4. The Balaban J connectivity index is 2.33. The number of aromatic carboxylic acids is 1. The van der Waals surface area contributed by atoms with Crippen molar-refractivity contribution in [2.24, 2.45) is 0 Å². The summed E-state index contributed by atoms with van der Waals surface area (Å²) in [6.07, 6.45) is -0.668. The van der Waals surface area contributed by atoms with Gasteiger partial charge in [0.15, 0.2) is 0 Å². The van der Waals surface area contributed by atoms with Crippen LogP contribution in [0.15, 0.2) is 29.6 Å². The van der Waals surface area contributed by atoms with Crippen molar-refractivity contribution in [2.45, 2.75) is 46.1 Å². The number of carbonyl (C=O) groups excluding carboxylic acids is 1. The van der Waals surface area contributed by atoms with Gasteiger partial charge in [-0.15, -0.1) is 11.3 Å². The number of amides is 1. The van der Waals surface area contributed by atoms with Gasteiger partial charge in [-0.25, -0.2) is 9.59 Å². The van der Waals surface area contributed by atoms with E-state index in [-0.39, 0.29) is 10.6 Å². The second-order valence-electron chi connectivity index (χ2n) is 7.06. The lowest BCUT2D eigenvalue weighted by atomic mass is 9.98. The van der Waals surface area contributed by atoms with Crippen molar-refractivity contribution in [2.75, 3.05) is 5.32 Å². The van der Waals surface area contributed by atoms with Crippen LogP contribution >= 0.6 is 11.3 Å². The number of rotatable bonds is 4. The second kappa shape index (κ2) is 7.27. The van der Waals surface area contributed by atoms with Crippen molar-refractivity contribution in [1.29, 1.82) is 0 Å². The molecule has 2 rings (SSSR count). The van der Waals surface area contributed by atoms with Crippen LogP contribution in [-0.4, -0.2) is 22.8 Å². The molecule has 0 atom stereocenters. The lowest BCUT2D eigenvalue weighted by Gasteiger charge is -2.19. The van der Waals surface area contributed by atoms with Gasteiger partial charge in [-0.2, -0.15) is 0 Å². The predicted octanol–water partition coefficient (Wildman–Crippen LogP) is 5.58. The Morgan fingerprint density at radius 2 is 1.76 bits per heavy atom. The third-order valence-electron chi connectivity index (χ3n) is 3.51. The molecule has 25 heavy (non-hydrogen) atoms. The summed E-state index contributed by atoms with van der Waals surface area (Å²) in [5.74, 6) is -0.685. The first-order chi connectivity index (χ1) is 11.6. The van der Waals surface area contributed by atoms with Crippen LogP contribution in [0.3, 0.4) is 0 Å². The van der Waals surface area contributed by atoms with Crippen molar-refractivity contribution >= 4 is 28.4 Å². The molecule has 0 unspecified atom stereocenters. The Bertz CT molecular complexity index is 770. The summed E-state index contributed by atoms with van der Waals surface area (Å²) in [5.41, 5.74) is 1.99. The average Bonchev–Trinajstić information content (AvgIpc) is 2.88. The Kier molecular flexibility index (Phi) is 5.52. The van der Waals surface area contributed by atoms with Crippen molar-refractivity contribution in [3.63, 3.8) is 0 Å². The highest BCUT2D eigenvalue weighted by molar-refractivity contribution is 7.15. The molecule has 0 bridgehead atoms. The number of carboxylic acid groups (broad SMARTS) is 1. The van der Waals surface area contributed by atoms with Crippen molar-refractivity contribution in [1.82, 2.24) is 0 Å². The number of nitrogens with one attached hydrogen (secondary N) is 1. The Hall–Kier alpha value is -2.34. The number of carbonyl (C=O) groups is 2. The van der Waals surface area contributed by atoms with E-state index in [1.807, 2.05) is 24.3 Å². The normalized spacial score (nSPS) is 11.4. The summed E-state index contributed by atoms with van der Waals surface area (Å²) in [5, 5.41) is 14.1. The molecule has 0 spiro atoms. The zero-order valence-corrected chi connectivity index (χ0v) is 15.9. The molecule has 0 aliphatic rings. The molecule has 0 radical (unpaired) electrons. The minimum Gasteiger partial charge on any atom is -0.478 e. The van der Waals surface area contributed by atoms with Crippen LogP contribution < -0.4 is 5.32 Å². The van der Waals surface area contributed by atoms with Crippen LogP contribution in [0.25, 0.3) is 11.1 Å².